The number of likely N-dealkylation sites (tertiary alicyclic amines) is 1. The highest BCUT2D eigenvalue weighted by Crippen LogP contribution is 2.37. The molecule has 134 valence electrons. The van der Waals surface area contributed by atoms with Gasteiger partial charge < -0.3 is 10.0 Å². The minimum Gasteiger partial charge on any atom is -0.391 e. The topological polar surface area (TPSA) is 58.4 Å². The number of amides is 1. The first-order valence-electron chi connectivity index (χ1n) is 7.83. The standard InChI is InChI=1S/C17H18F3N3O2/c1-10-14(9-22(2)21-10)16(25)23-8-13(24)7-15(23)11-4-3-5-12(6-11)17(18,19)20/h3-6,9,13,15,24H,7-8H2,1-2H3/t13-,15+/m1/s1. The molecule has 8 heteroatoms. The zero-order chi connectivity index (χ0) is 18.4. The lowest BCUT2D eigenvalue weighted by atomic mass is 10.0. The Labute approximate surface area is 142 Å². The number of rotatable bonds is 2. The van der Waals surface area contributed by atoms with E-state index < -0.39 is 23.9 Å². The molecule has 1 N–H and O–H groups in total. The number of hydrogen-bond donors (Lipinski definition) is 1. The first-order chi connectivity index (χ1) is 11.7. The molecule has 1 amide bonds. The van der Waals surface area contributed by atoms with Crippen molar-refractivity contribution in [1.29, 1.82) is 0 Å². The Kier molecular flexibility index (Phi) is 4.32. The number of aromatic nitrogens is 2. The second kappa shape index (κ2) is 6.18. The van der Waals surface area contributed by atoms with E-state index >= 15 is 0 Å². The Hall–Kier alpha value is -2.35. The van der Waals surface area contributed by atoms with Gasteiger partial charge in [0.15, 0.2) is 0 Å². The number of nitrogens with zero attached hydrogens (tertiary/aromatic N) is 3. The van der Waals surface area contributed by atoms with Crippen LogP contribution in [-0.4, -0.2) is 38.3 Å². The average Bonchev–Trinajstić information content (AvgIpc) is 3.08. The maximum Gasteiger partial charge on any atom is 0.416 e. The number of alkyl halides is 3. The molecule has 2 aromatic rings. The van der Waals surface area contributed by atoms with E-state index in [1.807, 2.05) is 0 Å². The van der Waals surface area contributed by atoms with E-state index in [-0.39, 0.29) is 18.9 Å². The second-order valence-electron chi connectivity index (χ2n) is 6.29. The Morgan fingerprint density at radius 3 is 2.68 bits per heavy atom. The number of aryl methyl sites for hydroxylation is 2. The van der Waals surface area contributed by atoms with Gasteiger partial charge in [-0.15, -0.1) is 0 Å². The average molecular weight is 353 g/mol. The summed E-state index contributed by atoms with van der Waals surface area (Å²) in [5, 5.41) is 14.1. The molecule has 0 bridgehead atoms. The van der Waals surface area contributed by atoms with Crippen molar-refractivity contribution in [2.45, 2.75) is 31.7 Å². The van der Waals surface area contributed by atoms with Gasteiger partial charge in [0.1, 0.15) is 0 Å². The third-order valence-electron chi connectivity index (χ3n) is 4.38. The minimum atomic E-state index is -4.46. The Morgan fingerprint density at radius 1 is 1.36 bits per heavy atom. The molecule has 1 aliphatic heterocycles. The van der Waals surface area contributed by atoms with Gasteiger partial charge in [0, 0.05) is 19.8 Å². The highest BCUT2D eigenvalue weighted by atomic mass is 19.4. The van der Waals surface area contributed by atoms with Crippen molar-refractivity contribution in [2.24, 2.45) is 7.05 Å². The van der Waals surface area contributed by atoms with Gasteiger partial charge in [0.25, 0.3) is 5.91 Å². The summed E-state index contributed by atoms with van der Waals surface area (Å²) in [6.07, 6.45) is -3.46. The highest BCUT2D eigenvalue weighted by molar-refractivity contribution is 5.95. The molecule has 0 saturated carbocycles. The van der Waals surface area contributed by atoms with E-state index in [1.165, 1.54) is 15.6 Å². The fourth-order valence-corrected chi connectivity index (χ4v) is 3.24. The fraction of sp³-hybridized carbons (Fsp3) is 0.412. The van der Waals surface area contributed by atoms with Crippen molar-refractivity contribution < 1.29 is 23.1 Å². The van der Waals surface area contributed by atoms with Crippen molar-refractivity contribution in [1.82, 2.24) is 14.7 Å². The van der Waals surface area contributed by atoms with Crippen LogP contribution in [0.5, 0.6) is 0 Å². The lowest BCUT2D eigenvalue weighted by Crippen LogP contribution is -2.32. The van der Waals surface area contributed by atoms with Crippen molar-refractivity contribution in [3.05, 3.63) is 52.8 Å². The summed E-state index contributed by atoms with van der Waals surface area (Å²) in [6.45, 7) is 1.77. The van der Waals surface area contributed by atoms with Crippen LogP contribution in [0.2, 0.25) is 0 Å². The number of carbonyl (C=O) groups is 1. The summed E-state index contributed by atoms with van der Waals surface area (Å²) in [6, 6.07) is 4.30. The van der Waals surface area contributed by atoms with Crippen LogP contribution in [0.1, 0.15) is 39.6 Å². The number of halogens is 3. The fourth-order valence-electron chi connectivity index (χ4n) is 3.24. The second-order valence-corrected chi connectivity index (χ2v) is 6.29. The third-order valence-corrected chi connectivity index (χ3v) is 4.38. The molecule has 2 heterocycles. The summed E-state index contributed by atoms with van der Waals surface area (Å²) >= 11 is 0. The normalized spacial score (nSPS) is 21.0. The molecule has 1 saturated heterocycles. The summed E-state index contributed by atoms with van der Waals surface area (Å²) in [4.78, 5) is 14.3. The van der Waals surface area contributed by atoms with Crippen LogP contribution >= 0.6 is 0 Å². The summed E-state index contributed by atoms with van der Waals surface area (Å²) in [5.74, 6) is -0.343. The Bertz CT molecular complexity index is 801. The number of aliphatic hydroxyl groups is 1. The molecule has 0 radical (unpaired) electrons. The van der Waals surface area contributed by atoms with Crippen LogP contribution in [0.4, 0.5) is 13.2 Å². The molecule has 1 fully saturated rings. The summed E-state index contributed by atoms with van der Waals surface area (Å²) in [7, 11) is 1.69. The van der Waals surface area contributed by atoms with E-state index in [1.54, 1.807) is 26.2 Å². The van der Waals surface area contributed by atoms with Gasteiger partial charge in [-0.05, 0) is 31.0 Å². The van der Waals surface area contributed by atoms with E-state index in [4.69, 9.17) is 0 Å². The third kappa shape index (κ3) is 3.39. The van der Waals surface area contributed by atoms with Crippen LogP contribution < -0.4 is 0 Å². The largest absolute Gasteiger partial charge is 0.416 e. The van der Waals surface area contributed by atoms with E-state index in [2.05, 4.69) is 5.10 Å². The smallest absolute Gasteiger partial charge is 0.391 e. The van der Waals surface area contributed by atoms with Crippen LogP contribution in [0, 0.1) is 6.92 Å². The van der Waals surface area contributed by atoms with Crippen molar-refractivity contribution in [3.63, 3.8) is 0 Å². The number of benzene rings is 1. The number of β-amino-alcohol motifs (C(OH)–C–C–N with tert-alkyl or cyclic N) is 1. The molecule has 1 aliphatic rings. The first-order valence-corrected chi connectivity index (χ1v) is 7.83. The lowest BCUT2D eigenvalue weighted by Gasteiger charge is -2.25. The molecule has 0 aliphatic carbocycles. The Balaban J connectivity index is 1.95. The monoisotopic (exact) mass is 353 g/mol. The Morgan fingerprint density at radius 2 is 2.08 bits per heavy atom. The van der Waals surface area contributed by atoms with Crippen LogP contribution in [0.15, 0.2) is 30.5 Å². The lowest BCUT2D eigenvalue weighted by molar-refractivity contribution is -0.137. The predicted molar refractivity (Wildman–Crippen MR) is 83.8 cm³/mol. The van der Waals surface area contributed by atoms with Gasteiger partial charge in [-0.3, -0.25) is 9.48 Å². The zero-order valence-corrected chi connectivity index (χ0v) is 13.8. The zero-order valence-electron chi connectivity index (χ0n) is 13.8. The molecular formula is C17H18F3N3O2. The van der Waals surface area contributed by atoms with Crippen LogP contribution in [-0.2, 0) is 13.2 Å². The SMILES string of the molecule is Cc1nn(C)cc1C(=O)N1C[C@H](O)C[C@H]1c1cccc(C(F)(F)F)c1. The molecule has 2 atom stereocenters. The molecule has 0 unspecified atom stereocenters. The van der Waals surface area contributed by atoms with E-state index in [0.717, 1.165) is 12.1 Å². The molecule has 1 aromatic heterocycles. The van der Waals surface area contributed by atoms with Gasteiger partial charge in [-0.25, -0.2) is 0 Å². The molecule has 25 heavy (non-hydrogen) atoms. The maximum absolute atomic E-state index is 13.0. The van der Waals surface area contributed by atoms with Gasteiger partial charge in [0.2, 0.25) is 0 Å². The number of aliphatic hydroxyl groups excluding tert-OH is 1. The molecular weight excluding hydrogens is 335 g/mol. The van der Waals surface area contributed by atoms with Crippen LogP contribution in [0.25, 0.3) is 0 Å². The first kappa shape index (κ1) is 17.5. The quantitative estimate of drug-likeness (QED) is 0.903. The summed E-state index contributed by atoms with van der Waals surface area (Å²) in [5.41, 5.74) is 0.517. The predicted octanol–water partition coefficient (Wildman–Crippen LogP) is 2.70. The van der Waals surface area contributed by atoms with Gasteiger partial charge in [-0.1, -0.05) is 12.1 Å². The molecule has 3 rings (SSSR count). The van der Waals surface area contributed by atoms with Gasteiger partial charge in [0.05, 0.1) is 29.0 Å². The van der Waals surface area contributed by atoms with Gasteiger partial charge >= 0.3 is 6.18 Å². The van der Waals surface area contributed by atoms with E-state index in [9.17, 15) is 23.1 Å². The van der Waals surface area contributed by atoms with Crippen LogP contribution in [0.3, 0.4) is 0 Å². The highest BCUT2D eigenvalue weighted by Gasteiger charge is 2.38. The molecule has 5 nitrogen and oxygen atoms in total. The minimum absolute atomic E-state index is 0.0775. The maximum atomic E-state index is 13.0. The summed E-state index contributed by atoms with van der Waals surface area (Å²) < 4.78 is 40.4. The van der Waals surface area contributed by atoms with Crippen molar-refractivity contribution in [3.8, 4) is 0 Å². The number of hydrogen-bond acceptors (Lipinski definition) is 3. The molecule has 1 aromatic carbocycles. The molecule has 0 spiro atoms. The van der Waals surface area contributed by atoms with Gasteiger partial charge in [-0.2, -0.15) is 18.3 Å². The number of carbonyl (C=O) groups excluding carboxylic acids is 1. The van der Waals surface area contributed by atoms with Crippen molar-refractivity contribution >= 4 is 5.91 Å². The van der Waals surface area contributed by atoms with Crippen molar-refractivity contribution in [2.75, 3.05) is 6.54 Å². The van der Waals surface area contributed by atoms with E-state index in [0.29, 0.717) is 16.8 Å².